The fourth-order valence-electron chi connectivity index (χ4n) is 3.81. The summed E-state index contributed by atoms with van der Waals surface area (Å²) in [4.78, 5) is 20.2. The molecular weight excluding hydrogens is 306 g/mol. The molecule has 2 fully saturated rings. The van der Waals surface area contributed by atoms with E-state index in [0.717, 1.165) is 55.7 Å². The molecule has 0 saturated carbocycles. The molecule has 6 nitrogen and oxygen atoms in total. The number of nitrogens with one attached hydrogen (secondary N) is 1. The molecule has 0 unspecified atom stereocenters. The molecule has 3 heterocycles. The van der Waals surface area contributed by atoms with Crippen molar-refractivity contribution in [3.8, 4) is 5.75 Å². The summed E-state index contributed by atoms with van der Waals surface area (Å²) >= 11 is 0. The summed E-state index contributed by atoms with van der Waals surface area (Å²) in [6, 6.07) is 8.15. The van der Waals surface area contributed by atoms with Gasteiger partial charge in [-0.05, 0) is 31.0 Å². The molecule has 2 saturated heterocycles. The lowest BCUT2D eigenvalue weighted by atomic mass is 9.98. The number of rotatable bonds is 3. The maximum Gasteiger partial charge on any atom is 0.270 e. The van der Waals surface area contributed by atoms with Crippen LogP contribution < -0.4 is 4.74 Å². The maximum atomic E-state index is 12.8. The lowest BCUT2D eigenvalue weighted by Gasteiger charge is -2.45. The molecule has 0 spiro atoms. The summed E-state index contributed by atoms with van der Waals surface area (Å²) in [5.74, 6) is 0.827. The molecule has 128 valence electrons. The molecule has 1 aromatic heterocycles. The zero-order valence-electron chi connectivity index (χ0n) is 13.9. The smallest absolute Gasteiger partial charge is 0.270 e. The van der Waals surface area contributed by atoms with Crippen LogP contribution in [0.1, 0.15) is 23.3 Å². The van der Waals surface area contributed by atoms with Crippen LogP contribution in [0.4, 0.5) is 0 Å². The molecular formula is C18H23N3O3. The SMILES string of the molecule is COc1cccc2[nH]c(C(=O)N3CCC(N4CC(O)C4)CC3)cc12. The number of carbonyl (C=O) groups excluding carboxylic acids is 1. The summed E-state index contributed by atoms with van der Waals surface area (Å²) in [7, 11) is 1.64. The standard InChI is InChI=1S/C18H23N3O3/c1-24-17-4-2-3-15-14(17)9-16(19-15)18(23)20-7-5-12(6-8-20)21-10-13(22)11-21/h2-4,9,12-13,19,22H,5-8,10-11H2,1H3. The Morgan fingerprint density at radius 1 is 1.29 bits per heavy atom. The predicted molar refractivity (Wildman–Crippen MR) is 91.4 cm³/mol. The number of fused-ring (bicyclic) bond motifs is 1. The number of methoxy groups -OCH3 is 1. The van der Waals surface area contributed by atoms with Gasteiger partial charge in [-0.2, -0.15) is 0 Å². The first-order valence-electron chi connectivity index (χ1n) is 8.53. The fourth-order valence-corrected chi connectivity index (χ4v) is 3.81. The average molecular weight is 329 g/mol. The Morgan fingerprint density at radius 3 is 2.71 bits per heavy atom. The first kappa shape index (κ1) is 15.5. The van der Waals surface area contributed by atoms with Gasteiger partial charge in [0, 0.05) is 43.1 Å². The molecule has 24 heavy (non-hydrogen) atoms. The highest BCUT2D eigenvalue weighted by Crippen LogP contribution is 2.27. The number of benzene rings is 1. The van der Waals surface area contributed by atoms with E-state index < -0.39 is 0 Å². The van der Waals surface area contributed by atoms with Crippen LogP contribution in [-0.2, 0) is 0 Å². The van der Waals surface area contributed by atoms with Crippen molar-refractivity contribution in [2.75, 3.05) is 33.3 Å². The van der Waals surface area contributed by atoms with E-state index in [4.69, 9.17) is 4.74 Å². The van der Waals surface area contributed by atoms with Gasteiger partial charge < -0.3 is 19.7 Å². The van der Waals surface area contributed by atoms with Crippen molar-refractivity contribution >= 4 is 16.8 Å². The molecule has 1 amide bonds. The Labute approximate surface area is 141 Å². The van der Waals surface area contributed by atoms with E-state index >= 15 is 0 Å². The molecule has 2 aliphatic heterocycles. The van der Waals surface area contributed by atoms with Gasteiger partial charge >= 0.3 is 0 Å². The van der Waals surface area contributed by atoms with Gasteiger partial charge in [-0.15, -0.1) is 0 Å². The predicted octanol–water partition coefficient (Wildman–Crippen LogP) is 1.46. The van der Waals surface area contributed by atoms with E-state index in [0.29, 0.717) is 11.7 Å². The van der Waals surface area contributed by atoms with Gasteiger partial charge in [0.05, 0.1) is 13.2 Å². The number of aliphatic hydroxyl groups excluding tert-OH is 1. The highest BCUT2D eigenvalue weighted by atomic mass is 16.5. The van der Waals surface area contributed by atoms with E-state index in [9.17, 15) is 9.90 Å². The molecule has 1 aromatic carbocycles. The van der Waals surface area contributed by atoms with E-state index in [1.807, 2.05) is 29.2 Å². The highest BCUT2D eigenvalue weighted by Gasteiger charge is 2.34. The van der Waals surface area contributed by atoms with Crippen molar-refractivity contribution in [1.29, 1.82) is 0 Å². The van der Waals surface area contributed by atoms with Gasteiger partial charge in [0.25, 0.3) is 5.91 Å². The van der Waals surface area contributed by atoms with Gasteiger partial charge in [0.1, 0.15) is 11.4 Å². The molecule has 0 bridgehead atoms. The monoisotopic (exact) mass is 329 g/mol. The van der Waals surface area contributed by atoms with E-state index in [1.165, 1.54) is 0 Å². The second kappa shape index (κ2) is 6.11. The summed E-state index contributed by atoms with van der Waals surface area (Å²) in [6.45, 7) is 3.09. The fraction of sp³-hybridized carbons (Fsp3) is 0.500. The first-order chi connectivity index (χ1) is 11.7. The van der Waals surface area contributed by atoms with Crippen LogP contribution in [0.3, 0.4) is 0 Å². The van der Waals surface area contributed by atoms with Crippen LogP contribution in [-0.4, -0.2) is 71.2 Å². The molecule has 0 atom stereocenters. The molecule has 2 aliphatic rings. The topological polar surface area (TPSA) is 68.8 Å². The Morgan fingerprint density at radius 2 is 2.04 bits per heavy atom. The zero-order chi connectivity index (χ0) is 16.7. The Balaban J connectivity index is 1.45. The Hall–Kier alpha value is -2.05. The third kappa shape index (κ3) is 2.65. The number of ether oxygens (including phenoxy) is 1. The van der Waals surface area contributed by atoms with Gasteiger partial charge in [-0.1, -0.05) is 6.07 Å². The summed E-state index contributed by atoms with van der Waals surface area (Å²) in [5, 5.41) is 10.4. The number of β-amino-alcohol motifs (C(OH)–C–C–N with tert-alkyl or cyclic N) is 1. The quantitative estimate of drug-likeness (QED) is 0.894. The number of piperidine rings is 1. The second-order valence-corrected chi connectivity index (χ2v) is 6.74. The summed E-state index contributed by atoms with van der Waals surface area (Å²) in [6.07, 6.45) is 1.79. The summed E-state index contributed by atoms with van der Waals surface area (Å²) in [5.41, 5.74) is 1.54. The minimum absolute atomic E-state index is 0.0512. The molecule has 2 aromatic rings. The van der Waals surface area contributed by atoms with Crippen molar-refractivity contribution < 1.29 is 14.6 Å². The maximum absolute atomic E-state index is 12.8. The molecule has 2 N–H and O–H groups in total. The molecule has 6 heteroatoms. The number of likely N-dealkylation sites (tertiary alicyclic amines) is 2. The zero-order valence-corrected chi connectivity index (χ0v) is 13.9. The van der Waals surface area contributed by atoms with Crippen LogP contribution in [0.2, 0.25) is 0 Å². The molecule has 0 radical (unpaired) electrons. The van der Waals surface area contributed by atoms with Gasteiger partial charge in [0.2, 0.25) is 0 Å². The number of aromatic nitrogens is 1. The van der Waals surface area contributed by atoms with Crippen LogP contribution in [0.15, 0.2) is 24.3 Å². The molecule has 4 rings (SSSR count). The van der Waals surface area contributed by atoms with Crippen molar-refractivity contribution in [2.45, 2.75) is 25.0 Å². The molecule has 0 aliphatic carbocycles. The number of hydrogen-bond acceptors (Lipinski definition) is 4. The van der Waals surface area contributed by atoms with Crippen molar-refractivity contribution in [3.05, 3.63) is 30.0 Å². The number of aromatic amines is 1. The van der Waals surface area contributed by atoms with E-state index in [2.05, 4.69) is 9.88 Å². The number of aliphatic hydroxyl groups is 1. The van der Waals surface area contributed by atoms with Gasteiger partial charge in [-0.25, -0.2) is 0 Å². The van der Waals surface area contributed by atoms with Crippen LogP contribution in [0, 0.1) is 0 Å². The number of H-pyrrole nitrogens is 1. The van der Waals surface area contributed by atoms with Crippen molar-refractivity contribution in [1.82, 2.24) is 14.8 Å². The third-order valence-corrected chi connectivity index (χ3v) is 5.23. The van der Waals surface area contributed by atoms with E-state index in [1.54, 1.807) is 7.11 Å². The second-order valence-electron chi connectivity index (χ2n) is 6.74. The number of nitrogens with zero attached hydrogens (tertiary/aromatic N) is 2. The highest BCUT2D eigenvalue weighted by molar-refractivity contribution is 5.99. The number of amides is 1. The summed E-state index contributed by atoms with van der Waals surface area (Å²) < 4.78 is 5.36. The van der Waals surface area contributed by atoms with Gasteiger partial charge in [-0.3, -0.25) is 9.69 Å². The van der Waals surface area contributed by atoms with Gasteiger partial charge in [0.15, 0.2) is 0 Å². The van der Waals surface area contributed by atoms with Crippen molar-refractivity contribution in [2.24, 2.45) is 0 Å². The lowest BCUT2D eigenvalue weighted by molar-refractivity contribution is -0.0381. The number of hydrogen-bond donors (Lipinski definition) is 2. The Bertz CT molecular complexity index is 743. The largest absolute Gasteiger partial charge is 0.496 e. The first-order valence-corrected chi connectivity index (χ1v) is 8.53. The number of carbonyl (C=O) groups is 1. The van der Waals surface area contributed by atoms with Crippen LogP contribution in [0.25, 0.3) is 10.9 Å². The van der Waals surface area contributed by atoms with Crippen LogP contribution in [0.5, 0.6) is 5.75 Å². The third-order valence-electron chi connectivity index (χ3n) is 5.23. The lowest BCUT2D eigenvalue weighted by Crippen LogP contribution is -2.58. The van der Waals surface area contributed by atoms with Crippen molar-refractivity contribution in [3.63, 3.8) is 0 Å². The minimum atomic E-state index is -0.161. The van der Waals surface area contributed by atoms with E-state index in [-0.39, 0.29) is 12.0 Å². The average Bonchev–Trinajstić information content (AvgIpc) is 3.02. The normalized spacial score (nSPS) is 20.3. The Kier molecular flexibility index (Phi) is 3.94. The minimum Gasteiger partial charge on any atom is -0.496 e. The van der Waals surface area contributed by atoms with Crippen LogP contribution >= 0.6 is 0 Å².